The molecule has 0 saturated carbocycles. The van der Waals surface area contributed by atoms with Crippen LogP contribution in [0.3, 0.4) is 0 Å². The third-order valence-corrected chi connectivity index (χ3v) is 4.78. The van der Waals surface area contributed by atoms with Crippen molar-refractivity contribution in [2.24, 2.45) is 0 Å². The highest BCUT2D eigenvalue weighted by Gasteiger charge is 2.14. The van der Waals surface area contributed by atoms with E-state index in [-0.39, 0.29) is 24.9 Å². The van der Waals surface area contributed by atoms with Gasteiger partial charge in [0.15, 0.2) is 11.5 Å². The summed E-state index contributed by atoms with van der Waals surface area (Å²) in [6, 6.07) is 11.7. The topological polar surface area (TPSA) is 60.5 Å². The molecule has 5 nitrogen and oxygen atoms in total. The quantitative estimate of drug-likeness (QED) is 0.746. The molecule has 0 bridgehead atoms. The monoisotopic (exact) mass is 370 g/mol. The van der Waals surface area contributed by atoms with Crippen LogP contribution in [0.4, 0.5) is 4.39 Å². The van der Waals surface area contributed by atoms with Crippen LogP contribution >= 0.6 is 11.3 Å². The van der Waals surface area contributed by atoms with Crippen LogP contribution in [0.5, 0.6) is 11.5 Å². The summed E-state index contributed by atoms with van der Waals surface area (Å²) < 4.78 is 23.6. The normalized spacial score (nSPS) is 12.2. The lowest BCUT2D eigenvalue weighted by atomic mass is 10.2. The Balaban J connectivity index is 1.34. The van der Waals surface area contributed by atoms with Crippen LogP contribution in [0.15, 0.2) is 47.8 Å². The van der Waals surface area contributed by atoms with Crippen molar-refractivity contribution in [1.29, 1.82) is 0 Å². The van der Waals surface area contributed by atoms with Gasteiger partial charge in [0.25, 0.3) is 0 Å². The molecule has 1 amide bonds. The van der Waals surface area contributed by atoms with Gasteiger partial charge in [-0.15, -0.1) is 11.3 Å². The number of benzene rings is 2. The summed E-state index contributed by atoms with van der Waals surface area (Å²) >= 11 is 1.41. The molecular formula is C19H15FN2O3S. The van der Waals surface area contributed by atoms with Gasteiger partial charge in [-0.2, -0.15) is 0 Å². The maximum Gasteiger partial charge on any atom is 0.231 e. The highest BCUT2D eigenvalue weighted by molar-refractivity contribution is 7.10. The molecule has 1 aliphatic heterocycles. The summed E-state index contributed by atoms with van der Waals surface area (Å²) in [5.41, 5.74) is 2.51. The molecule has 2 heterocycles. The van der Waals surface area contributed by atoms with Crippen molar-refractivity contribution in [2.45, 2.75) is 13.0 Å². The predicted molar refractivity (Wildman–Crippen MR) is 95.6 cm³/mol. The average Bonchev–Trinajstić information content (AvgIpc) is 3.29. The van der Waals surface area contributed by atoms with E-state index >= 15 is 0 Å². The Morgan fingerprint density at radius 2 is 1.96 bits per heavy atom. The van der Waals surface area contributed by atoms with Crippen molar-refractivity contribution < 1.29 is 18.7 Å². The number of rotatable bonds is 5. The fraction of sp³-hybridized carbons (Fsp3) is 0.158. The van der Waals surface area contributed by atoms with Gasteiger partial charge in [0.2, 0.25) is 12.7 Å². The molecule has 3 aromatic rings. The molecular weight excluding hydrogens is 355 g/mol. The van der Waals surface area contributed by atoms with Crippen LogP contribution in [0, 0.1) is 5.82 Å². The summed E-state index contributed by atoms with van der Waals surface area (Å²) in [5.74, 6) is 1.02. The van der Waals surface area contributed by atoms with Crippen LogP contribution in [0.25, 0.3) is 11.3 Å². The smallest absolute Gasteiger partial charge is 0.231 e. The summed E-state index contributed by atoms with van der Waals surface area (Å²) in [4.78, 5) is 16.6. The van der Waals surface area contributed by atoms with Gasteiger partial charge in [-0.25, -0.2) is 9.37 Å². The summed E-state index contributed by atoms with van der Waals surface area (Å²) in [6.45, 7) is 0.636. The minimum Gasteiger partial charge on any atom is -0.454 e. The van der Waals surface area contributed by atoms with Gasteiger partial charge in [0, 0.05) is 17.5 Å². The van der Waals surface area contributed by atoms with Crippen molar-refractivity contribution in [1.82, 2.24) is 10.3 Å². The Labute approximate surface area is 153 Å². The third kappa shape index (κ3) is 3.67. The van der Waals surface area contributed by atoms with E-state index in [0.717, 1.165) is 22.6 Å². The highest BCUT2D eigenvalue weighted by Crippen LogP contribution is 2.32. The molecule has 2 aromatic carbocycles. The van der Waals surface area contributed by atoms with Gasteiger partial charge in [0.05, 0.1) is 12.1 Å². The van der Waals surface area contributed by atoms with E-state index in [2.05, 4.69) is 10.3 Å². The zero-order valence-corrected chi connectivity index (χ0v) is 14.5. The van der Waals surface area contributed by atoms with E-state index in [9.17, 15) is 9.18 Å². The average molecular weight is 370 g/mol. The second kappa shape index (κ2) is 7.13. The number of carbonyl (C=O) groups is 1. The molecule has 0 radical (unpaired) electrons. The number of hydrogen-bond acceptors (Lipinski definition) is 5. The second-order valence-corrected chi connectivity index (χ2v) is 6.72. The zero-order chi connectivity index (χ0) is 17.9. The zero-order valence-electron chi connectivity index (χ0n) is 13.7. The lowest BCUT2D eigenvalue weighted by molar-refractivity contribution is -0.120. The van der Waals surface area contributed by atoms with Gasteiger partial charge >= 0.3 is 0 Å². The molecule has 0 atom stereocenters. The first-order valence-electron chi connectivity index (χ1n) is 8.03. The van der Waals surface area contributed by atoms with E-state index < -0.39 is 0 Å². The first-order valence-corrected chi connectivity index (χ1v) is 8.91. The van der Waals surface area contributed by atoms with Crippen molar-refractivity contribution in [3.63, 3.8) is 0 Å². The number of thiazole rings is 1. The molecule has 0 unspecified atom stereocenters. The van der Waals surface area contributed by atoms with Crippen molar-refractivity contribution >= 4 is 17.2 Å². The number of fused-ring (bicyclic) bond motifs is 1. The molecule has 7 heteroatoms. The molecule has 132 valence electrons. The lowest BCUT2D eigenvalue weighted by Crippen LogP contribution is -2.24. The molecule has 1 N–H and O–H groups in total. The van der Waals surface area contributed by atoms with Gasteiger partial charge in [-0.3, -0.25) is 4.79 Å². The number of ether oxygens (including phenoxy) is 2. The van der Waals surface area contributed by atoms with Crippen LogP contribution in [0.1, 0.15) is 10.6 Å². The number of nitrogens with one attached hydrogen (secondary N) is 1. The first kappa shape index (κ1) is 16.5. The second-order valence-electron chi connectivity index (χ2n) is 5.77. The number of aromatic nitrogens is 1. The van der Waals surface area contributed by atoms with Gasteiger partial charge in [-0.05, 0) is 42.0 Å². The van der Waals surface area contributed by atoms with Gasteiger partial charge in [-0.1, -0.05) is 6.07 Å². The Morgan fingerprint density at radius 3 is 2.81 bits per heavy atom. The number of amides is 1. The van der Waals surface area contributed by atoms with E-state index in [1.54, 1.807) is 12.1 Å². The Bertz CT molecular complexity index is 940. The van der Waals surface area contributed by atoms with E-state index in [4.69, 9.17) is 9.47 Å². The standard InChI is InChI=1S/C19H15FN2O3S/c20-14-4-2-13(3-5-14)15-10-26-19(22-15)8-18(23)21-9-12-1-6-16-17(7-12)25-11-24-16/h1-7,10H,8-9,11H2,(H,21,23). The molecule has 0 spiro atoms. The Kier molecular flexibility index (Phi) is 4.53. The van der Waals surface area contributed by atoms with Crippen molar-refractivity contribution in [2.75, 3.05) is 6.79 Å². The lowest BCUT2D eigenvalue weighted by Gasteiger charge is -2.05. The van der Waals surface area contributed by atoms with E-state index in [1.807, 2.05) is 23.6 Å². The Hall–Kier alpha value is -2.93. The fourth-order valence-electron chi connectivity index (χ4n) is 2.60. The van der Waals surface area contributed by atoms with E-state index in [0.29, 0.717) is 17.3 Å². The largest absolute Gasteiger partial charge is 0.454 e. The maximum atomic E-state index is 13.0. The molecule has 1 aromatic heterocycles. The molecule has 0 fully saturated rings. The van der Waals surface area contributed by atoms with Gasteiger partial charge in [0.1, 0.15) is 10.8 Å². The molecule has 26 heavy (non-hydrogen) atoms. The summed E-state index contributed by atoms with van der Waals surface area (Å²) in [7, 11) is 0. The van der Waals surface area contributed by atoms with Gasteiger partial charge < -0.3 is 14.8 Å². The molecule has 1 aliphatic rings. The summed E-state index contributed by atoms with van der Waals surface area (Å²) in [5, 5.41) is 5.46. The summed E-state index contributed by atoms with van der Waals surface area (Å²) in [6.07, 6.45) is 0.205. The number of hydrogen-bond donors (Lipinski definition) is 1. The Morgan fingerprint density at radius 1 is 1.15 bits per heavy atom. The van der Waals surface area contributed by atoms with Crippen LogP contribution < -0.4 is 14.8 Å². The fourth-order valence-corrected chi connectivity index (χ4v) is 3.40. The number of carbonyl (C=O) groups excluding carboxylic acids is 1. The van der Waals surface area contributed by atoms with Crippen molar-refractivity contribution in [3.05, 3.63) is 64.2 Å². The minimum atomic E-state index is -0.285. The number of nitrogens with zero attached hydrogens (tertiary/aromatic N) is 1. The maximum absolute atomic E-state index is 13.0. The van der Waals surface area contributed by atoms with Crippen LogP contribution in [-0.2, 0) is 17.8 Å². The van der Waals surface area contributed by atoms with Crippen molar-refractivity contribution in [3.8, 4) is 22.8 Å². The highest BCUT2D eigenvalue weighted by atomic mass is 32.1. The first-order chi connectivity index (χ1) is 12.7. The third-order valence-electron chi connectivity index (χ3n) is 3.93. The predicted octanol–water partition coefficient (Wildman–Crippen LogP) is 3.54. The van der Waals surface area contributed by atoms with Crippen LogP contribution in [0.2, 0.25) is 0 Å². The minimum absolute atomic E-state index is 0.109. The van der Waals surface area contributed by atoms with Crippen LogP contribution in [-0.4, -0.2) is 17.7 Å². The SMILES string of the molecule is O=C(Cc1nc(-c2ccc(F)cc2)cs1)NCc1ccc2c(c1)OCO2. The molecule has 4 rings (SSSR count). The number of halogens is 1. The molecule has 0 aliphatic carbocycles. The molecule has 0 saturated heterocycles. The van der Waals surface area contributed by atoms with E-state index in [1.165, 1.54) is 23.5 Å².